The van der Waals surface area contributed by atoms with Gasteiger partial charge in [-0.3, -0.25) is 5.41 Å². The average Bonchev–Trinajstić information content (AvgIpc) is 0.918. The number of nitrogens with one attached hydrogen (secondary N) is 1. The second-order valence-electron chi connectivity index (χ2n) is 0.167. The summed E-state index contributed by atoms with van der Waals surface area (Å²) in [6, 6.07) is 0. The van der Waals surface area contributed by atoms with Gasteiger partial charge in [0.15, 0.2) is 0 Å². The van der Waals surface area contributed by atoms with E-state index in [1.54, 1.807) is 0 Å². The van der Waals surface area contributed by atoms with Crippen molar-refractivity contribution in [3.05, 3.63) is 0 Å². The number of hydrogen-bond donors (Lipinski definition) is 2. The van der Waals surface area contributed by atoms with E-state index >= 15 is 0 Å². The first kappa shape index (κ1) is 8.86. The molecule has 0 saturated heterocycles. The zero-order valence-electron chi connectivity index (χ0n) is 2.15. The van der Waals surface area contributed by atoms with Gasteiger partial charge in [-0.05, 0) is 0 Å². The molecule has 0 aromatic heterocycles. The maximum atomic E-state index is 5.86. The SMILES string of the molecule is N=CN.[Sn]. The van der Waals surface area contributed by atoms with Gasteiger partial charge in [-0.1, -0.05) is 0 Å². The average molecular weight is 163 g/mol. The van der Waals surface area contributed by atoms with E-state index in [4.69, 9.17) is 5.41 Å². The molecule has 4 heavy (non-hydrogen) atoms. The Hall–Kier alpha value is 0.269. The van der Waals surface area contributed by atoms with Crippen LogP contribution in [-0.4, -0.2) is 30.2 Å². The predicted octanol–water partition coefficient (Wildman–Crippen LogP) is -0.829. The number of hydrogen-bond acceptors (Lipinski definition) is 1. The standard InChI is InChI=1S/CH4N2.Sn/c2-1-3;/h1H,(H3,2,3);. The van der Waals surface area contributed by atoms with Crippen molar-refractivity contribution in [2.45, 2.75) is 0 Å². The molecule has 22 valence electrons. The van der Waals surface area contributed by atoms with Crippen LogP contribution < -0.4 is 5.73 Å². The number of nitrogens with two attached hydrogens (primary N) is 1. The van der Waals surface area contributed by atoms with Gasteiger partial charge in [0.1, 0.15) is 0 Å². The molecule has 0 fully saturated rings. The van der Waals surface area contributed by atoms with Gasteiger partial charge >= 0.3 is 0 Å². The normalized spacial score (nSPS) is 3.00. The van der Waals surface area contributed by atoms with Crippen molar-refractivity contribution in [1.82, 2.24) is 0 Å². The molecule has 0 heterocycles. The summed E-state index contributed by atoms with van der Waals surface area (Å²) in [5.41, 5.74) is 4.39. The van der Waals surface area contributed by atoms with Crippen molar-refractivity contribution in [2.75, 3.05) is 0 Å². The second-order valence-corrected chi connectivity index (χ2v) is 0.167. The van der Waals surface area contributed by atoms with E-state index < -0.39 is 0 Å². The first-order valence-electron chi connectivity index (χ1n) is 0.622. The minimum Gasteiger partial charge on any atom is -0.390 e. The van der Waals surface area contributed by atoms with E-state index in [1.807, 2.05) is 0 Å². The fourth-order valence-corrected chi connectivity index (χ4v) is 0. The Kier molecular flexibility index (Phi) is 23.2. The van der Waals surface area contributed by atoms with Gasteiger partial charge in [0, 0.05) is 23.9 Å². The third-order valence-electron chi connectivity index (χ3n) is 0. The Labute approximate surface area is 41.8 Å². The molecule has 0 aliphatic rings. The smallest absolute Gasteiger partial charge is 0.0765 e. The molecular weight excluding hydrogens is 159 g/mol. The zero-order chi connectivity index (χ0) is 2.71. The Morgan fingerprint density at radius 2 is 1.75 bits per heavy atom. The summed E-state index contributed by atoms with van der Waals surface area (Å²) in [6.07, 6.45) is 0.750. The van der Waals surface area contributed by atoms with Crippen molar-refractivity contribution >= 4 is 30.2 Å². The molecule has 0 saturated carbocycles. The monoisotopic (exact) mass is 164 g/mol. The van der Waals surface area contributed by atoms with Gasteiger partial charge in [0.25, 0.3) is 0 Å². The summed E-state index contributed by atoms with van der Waals surface area (Å²) in [5, 5.41) is 5.86. The van der Waals surface area contributed by atoms with Crippen LogP contribution in [0.1, 0.15) is 0 Å². The van der Waals surface area contributed by atoms with Crippen molar-refractivity contribution < 1.29 is 0 Å². The Bertz CT molecular complexity index is 13.5. The Balaban J connectivity index is 0. The van der Waals surface area contributed by atoms with Crippen LogP contribution in [0.4, 0.5) is 0 Å². The molecular formula is CH4N2Sn. The van der Waals surface area contributed by atoms with Crippen LogP contribution in [0.3, 0.4) is 0 Å². The van der Waals surface area contributed by atoms with Gasteiger partial charge in [0.05, 0.1) is 6.34 Å². The van der Waals surface area contributed by atoms with Gasteiger partial charge in [-0.2, -0.15) is 0 Å². The predicted molar refractivity (Wildman–Crippen MR) is 18.7 cm³/mol. The summed E-state index contributed by atoms with van der Waals surface area (Å²) in [6.45, 7) is 0. The minimum atomic E-state index is 0. The van der Waals surface area contributed by atoms with Crippen LogP contribution in [0.5, 0.6) is 0 Å². The Morgan fingerprint density at radius 1 is 1.75 bits per heavy atom. The largest absolute Gasteiger partial charge is 0.390 e. The second kappa shape index (κ2) is 10.5. The molecule has 3 N–H and O–H groups in total. The van der Waals surface area contributed by atoms with E-state index in [2.05, 4.69) is 5.73 Å². The summed E-state index contributed by atoms with van der Waals surface area (Å²) < 4.78 is 0. The molecule has 2 nitrogen and oxygen atoms in total. The molecule has 4 radical (unpaired) electrons. The molecule has 3 heteroatoms. The van der Waals surface area contributed by atoms with Crippen LogP contribution >= 0.6 is 0 Å². The third kappa shape index (κ3) is 50.6. The van der Waals surface area contributed by atoms with Gasteiger partial charge in [0.2, 0.25) is 0 Å². The van der Waals surface area contributed by atoms with Gasteiger partial charge in [-0.25, -0.2) is 0 Å². The first-order valence-corrected chi connectivity index (χ1v) is 0.622. The van der Waals surface area contributed by atoms with E-state index in [-0.39, 0.29) is 23.9 Å². The number of rotatable bonds is 0. The molecule has 0 unspecified atom stereocenters. The maximum Gasteiger partial charge on any atom is 0.0765 e. The molecule has 0 aliphatic heterocycles. The summed E-state index contributed by atoms with van der Waals surface area (Å²) >= 11 is 0. The van der Waals surface area contributed by atoms with Crippen LogP contribution in [0.15, 0.2) is 0 Å². The molecule has 0 bridgehead atoms. The van der Waals surface area contributed by atoms with Crippen LogP contribution in [0.25, 0.3) is 0 Å². The van der Waals surface area contributed by atoms with Crippen molar-refractivity contribution in [3.8, 4) is 0 Å². The van der Waals surface area contributed by atoms with Crippen molar-refractivity contribution in [2.24, 2.45) is 5.73 Å². The summed E-state index contributed by atoms with van der Waals surface area (Å²) in [7, 11) is 0. The fraction of sp³-hybridized carbons (Fsp3) is 0. The molecule has 0 aromatic carbocycles. The Morgan fingerprint density at radius 3 is 1.75 bits per heavy atom. The van der Waals surface area contributed by atoms with Gasteiger partial charge < -0.3 is 5.73 Å². The molecule has 0 amide bonds. The van der Waals surface area contributed by atoms with E-state index in [0.717, 1.165) is 6.34 Å². The molecule has 0 aliphatic carbocycles. The van der Waals surface area contributed by atoms with Gasteiger partial charge in [-0.15, -0.1) is 0 Å². The first-order chi connectivity index (χ1) is 1.41. The summed E-state index contributed by atoms with van der Waals surface area (Å²) in [5.74, 6) is 0. The van der Waals surface area contributed by atoms with E-state index in [1.165, 1.54) is 0 Å². The van der Waals surface area contributed by atoms with Crippen LogP contribution in [0.2, 0.25) is 0 Å². The van der Waals surface area contributed by atoms with Crippen molar-refractivity contribution in [1.29, 1.82) is 5.41 Å². The zero-order valence-corrected chi connectivity index (χ0v) is 5.01. The maximum absolute atomic E-state index is 5.86. The molecule has 0 atom stereocenters. The molecule has 0 aromatic rings. The van der Waals surface area contributed by atoms with Crippen LogP contribution in [-0.2, 0) is 0 Å². The quantitative estimate of drug-likeness (QED) is 0.273. The van der Waals surface area contributed by atoms with Crippen molar-refractivity contribution in [3.63, 3.8) is 0 Å². The minimum absolute atomic E-state index is 0. The molecule has 0 rings (SSSR count). The summed E-state index contributed by atoms with van der Waals surface area (Å²) in [4.78, 5) is 0. The third-order valence-corrected chi connectivity index (χ3v) is 0. The van der Waals surface area contributed by atoms with E-state index in [9.17, 15) is 0 Å². The van der Waals surface area contributed by atoms with E-state index in [0.29, 0.717) is 0 Å². The van der Waals surface area contributed by atoms with Crippen LogP contribution in [0, 0.1) is 5.41 Å². The fourth-order valence-electron chi connectivity index (χ4n) is 0. The molecule has 0 spiro atoms. The topological polar surface area (TPSA) is 49.9 Å².